The van der Waals surface area contributed by atoms with Gasteiger partial charge in [-0.3, -0.25) is 0 Å². The summed E-state index contributed by atoms with van der Waals surface area (Å²) in [6.45, 7) is 7.42. The summed E-state index contributed by atoms with van der Waals surface area (Å²) < 4.78 is 0. The van der Waals surface area contributed by atoms with Gasteiger partial charge in [-0.05, 0) is 24.7 Å². The largest absolute Gasteiger partial charge is 0.318 e. The van der Waals surface area contributed by atoms with Gasteiger partial charge in [0.2, 0.25) is 0 Å². The Labute approximate surface area is 103 Å². The van der Waals surface area contributed by atoms with Crippen molar-refractivity contribution in [2.45, 2.75) is 30.5 Å². The molecule has 90 valence electrons. The highest BCUT2D eigenvalue weighted by molar-refractivity contribution is 7.99. The average molecular weight is 238 g/mol. The number of benzene rings is 1. The molecule has 0 unspecified atom stereocenters. The highest BCUT2D eigenvalue weighted by Gasteiger charge is 1.98. The van der Waals surface area contributed by atoms with Gasteiger partial charge in [-0.2, -0.15) is 0 Å². The molecule has 2 nitrogen and oxygen atoms in total. The third kappa shape index (κ3) is 5.54. The molecule has 1 aromatic carbocycles. The van der Waals surface area contributed by atoms with Crippen LogP contribution in [-0.2, 0) is 6.54 Å². The molecule has 3 heteroatoms. The summed E-state index contributed by atoms with van der Waals surface area (Å²) in [6.07, 6.45) is 0. The first-order valence-electron chi connectivity index (χ1n) is 5.83. The molecule has 0 aliphatic rings. The Bertz CT molecular complexity index is 282. The molecule has 0 bridgehead atoms. The van der Waals surface area contributed by atoms with Crippen molar-refractivity contribution in [1.29, 1.82) is 0 Å². The van der Waals surface area contributed by atoms with Crippen LogP contribution >= 0.6 is 11.8 Å². The molecule has 0 radical (unpaired) electrons. The lowest BCUT2D eigenvalue weighted by Crippen LogP contribution is -2.24. The van der Waals surface area contributed by atoms with E-state index in [0.717, 1.165) is 19.6 Å². The zero-order valence-electron chi connectivity index (χ0n) is 10.4. The van der Waals surface area contributed by atoms with Crippen LogP contribution < -0.4 is 10.6 Å². The third-order valence-corrected chi connectivity index (χ3v) is 3.19. The molecule has 0 aromatic heterocycles. The van der Waals surface area contributed by atoms with E-state index in [2.05, 4.69) is 48.7 Å². The van der Waals surface area contributed by atoms with Crippen LogP contribution in [0, 0.1) is 0 Å². The van der Waals surface area contributed by atoms with Crippen molar-refractivity contribution in [2.24, 2.45) is 0 Å². The highest BCUT2D eigenvalue weighted by Crippen LogP contribution is 2.22. The number of nitrogens with one attached hydrogen (secondary N) is 2. The summed E-state index contributed by atoms with van der Waals surface area (Å²) in [4.78, 5) is 1.36. The predicted molar refractivity (Wildman–Crippen MR) is 73.1 cm³/mol. The van der Waals surface area contributed by atoms with Gasteiger partial charge in [0.05, 0.1) is 0 Å². The lowest BCUT2D eigenvalue weighted by molar-refractivity contribution is 0.650. The van der Waals surface area contributed by atoms with E-state index < -0.39 is 0 Å². The van der Waals surface area contributed by atoms with Crippen molar-refractivity contribution in [3.05, 3.63) is 29.8 Å². The van der Waals surface area contributed by atoms with E-state index in [1.807, 2.05) is 18.8 Å². The van der Waals surface area contributed by atoms with E-state index >= 15 is 0 Å². The molecule has 0 saturated carbocycles. The van der Waals surface area contributed by atoms with Crippen LogP contribution in [0.3, 0.4) is 0 Å². The third-order valence-electron chi connectivity index (χ3n) is 2.18. The van der Waals surface area contributed by atoms with Crippen LogP contribution in [0.2, 0.25) is 0 Å². The van der Waals surface area contributed by atoms with Crippen molar-refractivity contribution < 1.29 is 0 Å². The second-order valence-electron chi connectivity index (χ2n) is 4.09. The fraction of sp³-hybridized carbons (Fsp3) is 0.538. The molecule has 0 saturated heterocycles. The van der Waals surface area contributed by atoms with E-state index in [1.54, 1.807) is 0 Å². The van der Waals surface area contributed by atoms with Gasteiger partial charge in [-0.1, -0.05) is 26.0 Å². The molecule has 0 aliphatic heterocycles. The maximum absolute atomic E-state index is 3.39. The SMILES string of the molecule is CNCCNCc1ccc(SC(C)C)cc1. The Morgan fingerprint density at radius 1 is 1.12 bits per heavy atom. The molecule has 1 aromatic rings. The highest BCUT2D eigenvalue weighted by atomic mass is 32.2. The van der Waals surface area contributed by atoms with Crippen LogP contribution in [0.5, 0.6) is 0 Å². The minimum atomic E-state index is 0.652. The Hall–Kier alpha value is -0.510. The first-order chi connectivity index (χ1) is 7.72. The summed E-state index contributed by atoms with van der Waals surface area (Å²) in [7, 11) is 1.97. The van der Waals surface area contributed by atoms with Gasteiger partial charge in [-0.25, -0.2) is 0 Å². The first-order valence-corrected chi connectivity index (χ1v) is 6.71. The van der Waals surface area contributed by atoms with Gasteiger partial charge in [0.1, 0.15) is 0 Å². The lowest BCUT2D eigenvalue weighted by atomic mass is 10.2. The number of rotatable bonds is 7. The number of thioether (sulfide) groups is 1. The smallest absolute Gasteiger partial charge is 0.0206 e. The van der Waals surface area contributed by atoms with E-state index in [9.17, 15) is 0 Å². The Morgan fingerprint density at radius 2 is 1.81 bits per heavy atom. The minimum absolute atomic E-state index is 0.652. The fourth-order valence-corrected chi connectivity index (χ4v) is 2.24. The monoisotopic (exact) mass is 238 g/mol. The van der Waals surface area contributed by atoms with Crippen LogP contribution in [0.25, 0.3) is 0 Å². The zero-order valence-corrected chi connectivity index (χ0v) is 11.2. The lowest BCUT2D eigenvalue weighted by Gasteiger charge is -2.07. The molecule has 0 aliphatic carbocycles. The van der Waals surface area contributed by atoms with Gasteiger partial charge in [-0.15, -0.1) is 11.8 Å². The molecule has 0 fully saturated rings. The summed E-state index contributed by atoms with van der Waals surface area (Å²) >= 11 is 1.91. The first kappa shape index (κ1) is 13.6. The second kappa shape index (κ2) is 7.71. The Balaban J connectivity index is 2.33. The summed E-state index contributed by atoms with van der Waals surface area (Å²) in [5.74, 6) is 0. The topological polar surface area (TPSA) is 24.1 Å². The van der Waals surface area contributed by atoms with Gasteiger partial charge < -0.3 is 10.6 Å². The summed E-state index contributed by atoms with van der Waals surface area (Å²) in [5.41, 5.74) is 1.35. The molecule has 16 heavy (non-hydrogen) atoms. The Kier molecular flexibility index (Phi) is 6.53. The molecular weight excluding hydrogens is 216 g/mol. The van der Waals surface area contributed by atoms with Crippen molar-refractivity contribution in [2.75, 3.05) is 20.1 Å². The molecule has 1 rings (SSSR count). The van der Waals surface area contributed by atoms with Crippen LogP contribution in [0.4, 0.5) is 0 Å². The number of likely N-dealkylation sites (N-methyl/N-ethyl adjacent to an activating group) is 1. The zero-order chi connectivity index (χ0) is 11.8. The molecule has 0 amide bonds. The summed E-state index contributed by atoms with van der Waals surface area (Å²) in [6, 6.07) is 8.83. The summed E-state index contributed by atoms with van der Waals surface area (Å²) in [5, 5.41) is 7.16. The van der Waals surface area contributed by atoms with Gasteiger partial charge in [0, 0.05) is 29.8 Å². The van der Waals surface area contributed by atoms with Crippen molar-refractivity contribution in [1.82, 2.24) is 10.6 Å². The number of hydrogen-bond donors (Lipinski definition) is 2. The van der Waals surface area contributed by atoms with Crippen molar-refractivity contribution >= 4 is 11.8 Å². The molecule has 2 N–H and O–H groups in total. The maximum Gasteiger partial charge on any atom is 0.0206 e. The molecule has 0 heterocycles. The van der Waals surface area contributed by atoms with Gasteiger partial charge in [0.25, 0.3) is 0 Å². The standard InChI is InChI=1S/C13H22N2S/c1-11(2)16-13-6-4-12(5-7-13)10-15-9-8-14-3/h4-7,11,14-15H,8-10H2,1-3H3. The maximum atomic E-state index is 3.39. The Morgan fingerprint density at radius 3 is 2.38 bits per heavy atom. The van der Waals surface area contributed by atoms with Crippen LogP contribution in [0.15, 0.2) is 29.2 Å². The van der Waals surface area contributed by atoms with Crippen molar-refractivity contribution in [3.63, 3.8) is 0 Å². The molecule has 0 spiro atoms. The van der Waals surface area contributed by atoms with Gasteiger partial charge >= 0.3 is 0 Å². The molecular formula is C13H22N2S. The van der Waals surface area contributed by atoms with Gasteiger partial charge in [0.15, 0.2) is 0 Å². The molecule has 0 atom stereocenters. The van der Waals surface area contributed by atoms with Crippen LogP contribution in [0.1, 0.15) is 19.4 Å². The van der Waals surface area contributed by atoms with E-state index in [1.165, 1.54) is 10.5 Å². The second-order valence-corrected chi connectivity index (χ2v) is 5.74. The normalized spacial score (nSPS) is 11.0. The number of hydrogen-bond acceptors (Lipinski definition) is 3. The van der Waals surface area contributed by atoms with E-state index in [4.69, 9.17) is 0 Å². The van der Waals surface area contributed by atoms with Crippen molar-refractivity contribution in [3.8, 4) is 0 Å². The van der Waals surface area contributed by atoms with Crippen LogP contribution in [-0.4, -0.2) is 25.4 Å². The quantitative estimate of drug-likeness (QED) is 0.564. The van der Waals surface area contributed by atoms with E-state index in [-0.39, 0.29) is 0 Å². The fourth-order valence-electron chi connectivity index (χ4n) is 1.40. The predicted octanol–water partition coefficient (Wildman–Crippen LogP) is 2.50. The van der Waals surface area contributed by atoms with E-state index in [0.29, 0.717) is 5.25 Å². The average Bonchev–Trinajstić information content (AvgIpc) is 2.26. The minimum Gasteiger partial charge on any atom is -0.318 e.